The molecule has 0 unspecified atom stereocenters. The lowest BCUT2D eigenvalue weighted by atomic mass is 9.99. The lowest BCUT2D eigenvalue weighted by molar-refractivity contribution is 0.103. The van der Waals surface area contributed by atoms with Gasteiger partial charge in [0.05, 0.1) is 0 Å². The van der Waals surface area contributed by atoms with Crippen LogP contribution in [0.15, 0.2) is 164 Å². The molecule has 0 saturated carbocycles. The Morgan fingerprint density at radius 2 is 0.812 bits per heavy atom. The van der Waals surface area contributed by atoms with Gasteiger partial charge >= 0.3 is 0 Å². The first-order valence-corrected chi connectivity index (χ1v) is 15.9. The van der Waals surface area contributed by atoms with Crippen LogP contribution < -0.4 is 9.47 Å². The number of rotatable bonds is 10. The summed E-state index contributed by atoms with van der Waals surface area (Å²) in [6.07, 6.45) is 0.827. The van der Waals surface area contributed by atoms with E-state index in [1.54, 1.807) is 24.3 Å². The van der Waals surface area contributed by atoms with Crippen molar-refractivity contribution in [3.63, 3.8) is 0 Å². The van der Waals surface area contributed by atoms with Crippen LogP contribution in [-0.2, 0) is 6.42 Å². The van der Waals surface area contributed by atoms with Crippen molar-refractivity contribution < 1.29 is 19.1 Å². The summed E-state index contributed by atoms with van der Waals surface area (Å²) < 4.78 is 12.6. The summed E-state index contributed by atoms with van der Waals surface area (Å²) in [7, 11) is 0. The maximum Gasteiger partial charge on any atom is 0.193 e. The SMILES string of the molecule is Cc1ccc(C(=O)c2ccc(Oc3cccc4c(Oc5ccc(C(=O)c6ccc(Cc7ccccc7)cc6)cc5)cccc34)cc2)cc1. The van der Waals surface area contributed by atoms with Crippen molar-refractivity contribution in [3.8, 4) is 23.0 Å². The largest absolute Gasteiger partial charge is 0.457 e. The number of benzene rings is 7. The molecular formula is C44H32O4. The van der Waals surface area contributed by atoms with Crippen molar-refractivity contribution in [2.45, 2.75) is 13.3 Å². The Balaban J connectivity index is 1.03. The van der Waals surface area contributed by atoms with Crippen LogP contribution in [0, 0.1) is 6.92 Å². The molecule has 7 aromatic carbocycles. The first-order chi connectivity index (χ1) is 23.5. The van der Waals surface area contributed by atoms with E-state index in [0.29, 0.717) is 45.3 Å². The normalized spacial score (nSPS) is 10.9. The van der Waals surface area contributed by atoms with Crippen molar-refractivity contribution >= 4 is 22.3 Å². The Morgan fingerprint density at radius 1 is 0.417 bits per heavy atom. The Labute approximate surface area is 279 Å². The van der Waals surface area contributed by atoms with Crippen LogP contribution >= 0.6 is 0 Å². The molecule has 0 spiro atoms. The van der Waals surface area contributed by atoms with Gasteiger partial charge in [-0.15, -0.1) is 0 Å². The molecule has 232 valence electrons. The summed E-state index contributed by atoms with van der Waals surface area (Å²) in [5.41, 5.74) is 6.01. The van der Waals surface area contributed by atoms with Gasteiger partial charge in [0.15, 0.2) is 11.6 Å². The molecule has 0 N–H and O–H groups in total. The Hall–Kier alpha value is -6.26. The average Bonchev–Trinajstić information content (AvgIpc) is 3.13. The summed E-state index contributed by atoms with van der Waals surface area (Å²) in [5, 5.41) is 1.77. The number of hydrogen-bond donors (Lipinski definition) is 0. The van der Waals surface area contributed by atoms with Gasteiger partial charge in [-0.1, -0.05) is 109 Å². The standard InChI is InChI=1S/C44H32O4/c1-30-13-17-33(18-14-30)43(45)35-21-25-37(26-22-35)47-41-11-5-10-40-39(41)9-6-12-42(40)48-38-27-23-36(24-28-38)44(46)34-19-15-32(16-20-34)29-31-7-3-2-4-8-31/h2-28H,29H2,1H3. The van der Waals surface area contributed by atoms with Crippen LogP contribution in [0.1, 0.15) is 48.5 Å². The molecule has 4 nitrogen and oxygen atoms in total. The van der Waals surface area contributed by atoms with Gasteiger partial charge in [-0.3, -0.25) is 9.59 Å². The molecule has 0 bridgehead atoms. The topological polar surface area (TPSA) is 52.6 Å². The van der Waals surface area contributed by atoms with E-state index in [0.717, 1.165) is 28.3 Å². The summed E-state index contributed by atoms with van der Waals surface area (Å²) >= 11 is 0. The predicted molar refractivity (Wildman–Crippen MR) is 191 cm³/mol. The molecule has 0 atom stereocenters. The number of hydrogen-bond acceptors (Lipinski definition) is 4. The molecule has 0 saturated heterocycles. The zero-order chi connectivity index (χ0) is 32.9. The lowest BCUT2D eigenvalue weighted by Gasteiger charge is -2.13. The van der Waals surface area contributed by atoms with Gasteiger partial charge in [0.25, 0.3) is 0 Å². The quantitative estimate of drug-likeness (QED) is 0.142. The molecule has 0 aliphatic carbocycles. The second kappa shape index (κ2) is 13.6. The molecule has 0 radical (unpaired) electrons. The highest BCUT2D eigenvalue weighted by atomic mass is 16.5. The summed E-state index contributed by atoms with van der Waals surface area (Å²) in [6, 6.07) is 51.7. The summed E-state index contributed by atoms with van der Waals surface area (Å²) in [6.45, 7) is 2.00. The molecular weight excluding hydrogens is 592 g/mol. The fourth-order valence-electron chi connectivity index (χ4n) is 5.68. The van der Waals surface area contributed by atoms with Crippen LogP contribution in [0.5, 0.6) is 23.0 Å². The van der Waals surface area contributed by atoms with Gasteiger partial charge in [0, 0.05) is 33.0 Å². The maximum atomic E-state index is 13.2. The molecule has 0 aliphatic rings. The number of ketones is 2. The van der Waals surface area contributed by atoms with E-state index in [2.05, 4.69) is 12.1 Å². The number of carbonyl (C=O) groups is 2. The van der Waals surface area contributed by atoms with Gasteiger partial charge in [-0.25, -0.2) is 0 Å². The van der Waals surface area contributed by atoms with Gasteiger partial charge in [0.1, 0.15) is 23.0 Å². The molecule has 48 heavy (non-hydrogen) atoms. The van der Waals surface area contributed by atoms with E-state index in [1.165, 1.54) is 5.56 Å². The Kier molecular flexibility index (Phi) is 8.62. The number of ether oxygens (including phenoxy) is 2. The monoisotopic (exact) mass is 624 g/mol. The van der Waals surface area contributed by atoms with E-state index in [9.17, 15) is 9.59 Å². The van der Waals surface area contributed by atoms with Crippen LogP contribution in [0.3, 0.4) is 0 Å². The number of carbonyl (C=O) groups excluding carboxylic acids is 2. The summed E-state index contributed by atoms with van der Waals surface area (Å²) in [4.78, 5) is 26.1. The minimum absolute atomic E-state index is 0.0286. The van der Waals surface area contributed by atoms with Crippen LogP contribution in [0.2, 0.25) is 0 Å². The van der Waals surface area contributed by atoms with Crippen LogP contribution in [0.25, 0.3) is 10.8 Å². The fourth-order valence-corrected chi connectivity index (χ4v) is 5.68. The van der Waals surface area contributed by atoms with Crippen LogP contribution in [-0.4, -0.2) is 11.6 Å². The average molecular weight is 625 g/mol. The minimum atomic E-state index is -0.0349. The molecule has 0 fully saturated rings. The summed E-state index contributed by atoms with van der Waals surface area (Å²) in [5.74, 6) is 2.53. The number of fused-ring (bicyclic) bond motifs is 1. The van der Waals surface area contributed by atoms with Crippen molar-refractivity contribution in [1.82, 2.24) is 0 Å². The molecule has 7 aromatic rings. The van der Waals surface area contributed by atoms with Crippen molar-refractivity contribution in [2.75, 3.05) is 0 Å². The first kappa shape index (κ1) is 30.4. The molecule has 7 rings (SSSR count). The van der Waals surface area contributed by atoms with Crippen molar-refractivity contribution in [1.29, 1.82) is 0 Å². The van der Waals surface area contributed by atoms with E-state index in [1.807, 2.05) is 134 Å². The second-order valence-corrected chi connectivity index (χ2v) is 11.7. The molecule has 4 heteroatoms. The highest BCUT2D eigenvalue weighted by Crippen LogP contribution is 2.36. The third-order valence-corrected chi connectivity index (χ3v) is 8.31. The number of aryl methyl sites for hydroxylation is 1. The smallest absolute Gasteiger partial charge is 0.193 e. The van der Waals surface area contributed by atoms with Gasteiger partial charge < -0.3 is 9.47 Å². The van der Waals surface area contributed by atoms with Crippen LogP contribution in [0.4, 0.5) is 0 Å². The highest BCUT2D eigenvalue weighted by molar-refractivity contribution is 6.09. The van der Waals surface area contributed by atoms with E-state index < -0.39 is 0 Å². The minimum Gasteiger partial charge on any atom is -0.457 e. The third-order valence-electron chi connectivity index (χ3n) is 8.31. The van der Waals surface area contributed by atoms with Gasteiger partial charge in [0.2, 0.25) is 0 Å². The second-order valence-electron chi connectivity index (χ2n) is 11.7. The third kappa shape index (κ3) is 6.79. The molecule has 0 aliphatic heterocycles. The Bertz CT molecular complexity index is 2200. The lowest BCUT2D eigenvalue weighted by Crippen LogP contribution is -2.01. The fraction of sp³-hybridized carbons (Fsp3) is 0.0455. The van der Waals surface area contributed by atoms with Crippen molar-refractivity contribution in [3.05, 3.63) is 203 Å². The van der Waals surface area contributed by atoms with E-state index in [4.69, 9.17) is 9.47 Å². The Morgan fingerprint density at radius 3 is 1.27 bits per heavy atom. The predicted octanol–water partition coefficient (Wildman–Crippen LogP) is 10.8. The molecule has 0 heterocycles. The molecule has 0 amide bonds. The van der Waals surface area contributed by atoms with E-state index >= 15 is 0 Å². The van der Waals surface area contributed by atoms with E-state index in [-0.39, 0.29) is 11.6 Å². The van der Waals surface area contributed by atoms with Crippen molar-refractivity contribution in [2.24, 2.45) is 0 Å². The van der Waals surface area contributed by atoms with Gasteiger partial charge in [-0.2, -0.15) is 0 Å². The zero-order valence-corrected chi connectivity index (χ0v) is 26.4. The zero-order valence-electron chi connectivity index (χ0n) is 26.4. The highest BCUT2D eigenvalue weighted by Gasteiger charge is 2.13. The molecule has 0 aromatic heterocycles. The maximum absolute atomic E-state index is 13.2. The first-order valence-electron chi connectivity index (χ1n) is 15.9. The van der Waals surface area contributed by atoms with Gasteiger partial charge in [-0.05, 0) is 85.1 Å².